The highest BCUT2D eigenvalue weighted by Gasteiger charge is 2.36. The van der Waals surface area contributed by atoms with Crippen molar-refractivity contribution in [2.45, 2.75) is 32.4 Å². The number of anilines is 1. The van der Waals surface area contributed by atoms with Gasteiger partial charge in [0, 0.05) is 24.3 Å². The van der Waals surface area contributed by atoms with E-state index >= 15 is 0 Å². The molecule has 0 aliphatic carbocycles. The Morgan fingerprint density at radius 1 is 1.13 bits per heavy atom. The van der Waals surface area contributed by atoms with Gasteiger partial charge in [-0.15, -0.1) is 0 Å². The van der Waals surface area contributed by atoms with Gasteiger partial charge in [0.25, 0.3) is 5.91 Å². The number of carbonyl (C=O) groups excluding carboxylic acids is 2. The van der Waals surface area contributed by atoms with Gasteiger partial charge in [-0.2, -0.15) is 0 Å². The SMILES string of the molecule is COC(=O)c1ccc2c(c1)CC(C)(C)C(c1cccc(C(=O)NC3CN(C)C3)c1)N2. The highest BCUT2D eigenvalue weighted by molar-refractivity contribution is 5.94. The number of rotatable bonds is 4. The number of amides is 1. The number of nitrogens with zero attached hydrogens (tertiary/aromatic N) is 1. The number of hydrogen-bond donors (Lipinski definition) is 2. The van der Waals surface area contributed by atoms with Crippen LogP contribution >= 0.6 is 0 Å². The van der Waals surface area contributed by atoms with Crippen molar-refractivity contribution in [2.75, 3.05) is 32.6 Å². The predicted molar refractivity (Wildman–Crippen MR) is 117 cm³/mol. The summed E-state index contributed by atoms with van der Waals surface area (Å²) in [6.07, 6.45) is 0.815. The van der Waals surface area contributed by atoms with Crippen LogP contribution in [-0.2, 0) is 11.2 Å². The third-order valence-corrected chi connectivity index (χ3v) is 6.14. The molecule has 30 heavy (non-hydrogen) atoms. The summed E-state index contributed by atoms with van der Waals surface area (Å²) in [5, 5.41) is 6.74. The van der Waals surface area contributed by atoms with E-state index in [1.807, 2.05) is 37.4 Å². The second-order valence-electron chi connectivity index (χ2n) is 9.12. The standard InChI is InChI=1S/C24H29N3O3/c1-24(2)12-18-11-17(23(29)30-4)8-9-20(18)26-21(24)15-6-5-7-16(10-15)22(28)25-19-13-27(3)14-19/h5-11,19,21,26H,12-14H2,1-4H3,(H,25,28). The Labute approximate surface area is 177 Å². The molecular formula is C24H29N3O3. The molecule has 1 atom stereocenters. The number of hydrogen-bond acceptors (Lipinski definition) is 5. The quantitative estimate of drug-likeness (QED) is 0.762. The number of esters is 1. The van der Waals surface area contributed by atoms with Crippen LogP contribution < -0.4 is 10.6 Å². The topological polar surface area (TPSA) is 70.7 Å². The van der Waals surface area contributed by atoms with E-state index in [1.165, 1.54) is 7.11 Å². The number of fused-ring (bicyclic) bond motifs is 1. The third-order valence-electron chi connectivity index (χ3n) is 6.14. The Morgan fingerprint density at radius 3 is 2.60 bits per heavy atom. The third kappa shape index (κ3) is 3.92. The van der Waals surface area contributed by atoms with Crippen LogP contribution in [0.4, 0.5) is 5.69 Å². The van der Waals surface area contributed by atoms with Gasteiger partial charge in [-0.25, -0.2) is 4.79 Å². The summed E-state index contributed by atoms with van der Waals surface area (Å²) >= 11 is 0. The van der Waals surface area contributed by atoms with Gasteiger partial charge < -0.3 is 20.3 Å². The van der Waals surface area contributed by atoms with Gasteiger partial charge in [0.05, 0.1) is 24.8 Å². The zero-order valence-corrected chi connectivity index (χ0v) is 18.0. The van der Waals surface area contributed by atoms with E-state index in [9.17, 15) is 9.59 Å². The Kier molecular flexibility index (Phi) is 5.28. The molecule has 0 radical (unpaired) electrons. The molecule has 2 heterocycles. The zero-order valence-electron chi connectivity index (χ0n) is 18.0. The van der Waals surface area contributed by atoms with Crippen LogP contribution in [0.3, 0.4) is 0 Å². The number of carbonyl (C=O) groups is 2. The van der Waals surface area contributed by atoms with Crippen LogP contribution in [0.2, 0.25) is 0 Å². The second-order valence-corrected chi connectivity index (χ2v) is 9.12. The van der Waals surface area contributed by atoms with E-state index in [2.05, 4.69) is 35.4 Å². The van der Waals surface area contributed by atoms with Gasteiger partial charge in [0.2, 0.25) is 0 Å². The van der Waals surface area contributed by atoms with Gasteiger partial charge in [0.1, 0.15) is 0 Å². The molecule has 0 saturated carbocycles. The average Bonchev–Trinajstić information content (AvgIpc) is 2.70. The van der Waals surface area contributed by atoms with Crippen molar-refractivity contribution in [3.8, 4) is 0 Å². The van der Waals surface area contributed by atoms with Gasteiger partial charge in [-0.1, -0.05) is 26.0 Å². The monoisotopic (exact) mass is 407 g/mol. The fourth-order valence-corrected chi connectivity index (χ4v) is 4.52. The first-order valence-corrected chi connectivity index (χ1v) is 10.3. The lowest BCUT2D eigenvalue weighted by molar-refractivity contribution is 0.0600. The van der Waals surface area contributed by atoms with Gasteiger partial charge in [-0.05, 0) is 60.3 Å². The van der Waals surface area contributed by atoms with Crippen molar-refractivity contribution in [3.05, 3.63) is 64.7 Å². The number of likely N-dealkylation sites (N-methyl/N-ethyl adjacent to an activating group) is 1. The summed E-state index contributed by atoms with van der Waals surface area (Å²) in [6, 6.07) is 13.8. The molecule has 4 rings (SSSR count). The van der Waals surface area contributed by atoms with E-state index in [-0.39, 0.29) is 29.4 Å². The van der Waals surface area contributed by atoms with Crippen LogP contribution in [0, 0.1) is 5.41 Å². The molecule has 0 aromatic heterocycles. The Morgan fingerprint density at radius 2 is 1.90 bits per heavy atom. The molecule has 6 nitrogen and oxygen atoms in total. The Bertz CT molecular complexity index is 979. The van der Waals surface area contributed by atoms with Gasteiger partial charge in [0.15, 0.2) is 0 Å². The molecule has 2 aliphatic rings. The maximum Gasteiger partial charge on any atom is 0.337 e. The minimum absolute atomic E-state index is 0.0216. The molecule has 2 N–H and O–H groups in total. The van der Waals surface area contributed by atoms with Gasteiger partial charge >= 0.3 is 5.97 Å². The lowest BCUT2D eigenvalue weighted by atomic mass is 9.72. The fraction of sp³-hybridized carbons (Fsp3) is 0.417. The molecular weight excluding hydrogens is 378 g/mol. The molecule has 2 aromatic carbocycles. The summed E-state index contributed by atoms with van der Waals surface area (Å²) in [7, 11) is 3.44. The molecule has 2 aliphatic heterocycles. The first kappa shape index (κ1) is 20.4. The molecule has 6 heteroatoms. The molecule has 2 aromatic rings. The van der Waals surface area contributed by atoms with Crippen LogP contribution in [0.15, 0.2) is 42.5 Å². The van der Waals surface area contributed by atoms with Crippen molar-refractivity contribution in [2.24, 2.45) is 5.41 Å². The number of methoxy groups -OCH3 is 1. The summed E-state index contributed by atoms with van der Waals surface area (Å²) in [6.45, 7) is 6.20. The maximum absolute atomic E-state index is 12.7. The molecule has 158 valence electrons. The first-order valence-electron chi connectivity index (χ1n) is 10.3. The Hall–Kier alpha value is -2.86. The lowest BCUT2D eigenvalue weighted by Gasteiger charge is -2.41. The summed E-state index contributed by atoms with van der Waals surface area (Å²) in [5.74, 6) is -0.346. The molecule has 0 spiro atoms. The van der Waals surface area contributed by atoms with Crippen LogP contribution in [-0.4, -0.2) is 50.1 Å². The van der Waals surface area contributed by atoms with E-state index in [1.54, 1.807) is 6.07 Å². The average molecular weight is 408 g/mol. The largest absolute Gasteiger partial charge is 0.465 e. The van der Waals surface area contributed by atoms with Crippen molar-refractivity contribution >= 4 is 17.6 Å². The normalized spacial score (nSPS) is 20.5. The molecule has 1 fully saturated rings. The fourth-order valence-electron chi connectivity index (χ4n) is 4.52. The number of ether oxygens (including phenoxy) is 1. The molecule has 1 amide bonds. The summed E-state index contributed by atoms with van der Waals surface area (Å²) in [5.41, 5.74) is 4.34. The zero-order chi connectivity index (χ0) is 21.5. The van der Waals surface area contributed by atoms with E-state index in [0.717, 1.165) is 36.3 Å². The molecule has 1 saturated heterocycles. The number of benzene rings is 2. The Balaban J connectivity index is 1.57. The van der Waals surface area contributed by atoms with Crippen molar-refractivity contribution in [3.63, 3.8) is 0 Å². The summed E-state index contributed by atoms with van der Waals surface area (Å²) in [4.78, 5) is 26.7. The van der Waals surface area contributed by atoms with Crippen LogP contribution in [0.25, 0.3) is 0 Å². The smallest absolute Gasteiger partial charge is 0.337 e. The minimum Gasteiger partial charge on any atom is -0.465 e. The second kappa shape index (κ2) is 7.76. The van der Waals surface area contributed by atoms with Crippen molar-refractivity contribution in [1.29, 1.82) is 0 Å². The first-order chi connectivity index (χ1) is 14.3. The summed E-state index contributed by atoms with van der Waals surface area (Å²) < 4.78 is 4.85. The highest BCUT2D eigenvalue weighted by Crippen LogP contribution is 2.45. The predicted octanol–water partition coefficient (Wildman–Crippen LogP) is 3.25. The lowest BCUT2D eigenvalue weighted by Crippen LogP contribution is -2.57. The van der Waals surface area contributed by atoms with Crippen molar-refractivity contribution < 1.29 is 14.3 Å². The maximum atomic E-state index is 12.7. The van der Waals surface area contributed by atoms with E-state index in [0.29, 0.717) is 11.1 Å². The minimum atomic E-state index is -0.325. The van der Waals surface area contributed by atoms with Crippen LogP contribution in [0.1, 0.15) is 51.7 Å². The molecule has 1 unspecified atom stereocenters. The van der Waals surface area contributed by atoms with Gasteiger partial charge in [-0.3, -0.25) is 4.79 Å². The van der Waals surface area contributed by atoms with E-state index < -0.39 is 0 Å². The number of likely N-dealkylation sites (tertiary alicyclic amines) is 1. The number of nitrogens with one attached hydrogen (secondary N) is 2. The van der Waals surface area contributed by atoms with Crippen molar-refractivity contribution in [1.82, 2.24) is 10.2 Å². The van der Waals surface area contributed by atoms with E-state index in [4.69, 9.17) is 4.74 Å². The molecule has 0 bridgehead atoms. The highest BCUT2D eigenvalue weighted by atomic mass is 16.5. The van der Waals surface area contributed by atoms with Crippen LogP contribution in [0.5, 0.6) is 0 Å².